The standard InChI is InChI=1S/C14H38N2O3Si2/c1-15(2,3)11-13-17-20(7,8)19-21(9,10)18-14-12-16(4,5)6/h11-14H2,1-10H3/q+2. The molecule has 128 valence electrons. The molecule has 0 N–H and O–H groups in total. The van der Waals surface area contributed by atoms with Crippen LogP contribution in [0.5, 0.6) is 0 Å². The summed E-state index contributed by atoms with van der Waals surface area (Å²) in [6.07, 6.45) is 0. The molecule has 0 aromatic heterocycles. The van der Waals surface area contributed by atoms with E-state index in [9.17, 15) is 0 Å². The van der Waals surface area contributed by atoms with Crippen LogP contribution in [-0.4, -0.2) is 94.7 Å². The molecule has 21 heavy (non-hydrogen) atoms. The SMILES string of the molecule is C[N+](C)(C)CCO[Si](C)(C)O[Si](C)(C)OCC[N+](C)(C)C. The summed E-state index contributed by atoms with van der Waals surface area (Å²) in [5.74, 6) is 0. The van der Waals surface area contributed by atoms with Crippen molar-refractivity contribution in [1.29, 1.82) is 0 Å². The number of likely N-dealkylation sites (N-methyl/N-ethyl adjacent to an activating group) is 2. The molecule has 0 heterocycles. The van der Waals surface area contributed by atoms with Gasteiger partial charge in [-0.3, -0.25) is 0 Å². The van der Waals surface area contributed by atoms with Gasteiger partial charge in [0.05, 0.1) is 55.5 Å². The van der Waals surface area contributed by atoms with Gasteiger partial charge >= 0.3 is 17.1 Å². The monoisotopic (exact) mass is 338 g/mol. The summed E-state index contributed by atoms with van der Waals surface area (Å²) in [7, 11) is 8.81. The van der Waals surface area contributed by atoms with Crippen LogP contribution in [-0.2, 0) is 13.0 Å². The van der Waals surface area contributed by atoms with Gasteiger partial charge in [0.1, 0.15) is 13.1 Å². The minimum Gasteiger partial charge on any atom is -0.415 e. The van der Waals surface area contributed by atoms with Gasteiger partial charge in [0.15, 0.2) is 0 Å². The first kappa shape index (κ1) is 21.2. The molecule has 0 fully saturated rings. The lowest BCUT2D eigenvalue weighted by molar-refractivity contribution is -0.870. The van der Waals surface area contributed by atoms with E-state index in [1.165, 1.54) is 0 Å². The summed E-state index contributed by atoms with van der Waals surface area (Å²) in [6, 6.07) is 0. The average molecular weight is 339 g/mol. The highest BCUT2D eigenvalue weighted by atomic mass is 28.5. The largest absolute Gasteiger partial charge is 0.415 e. The molecule has 0 atom stereocenters. The first-order valence-corrected chi connectivity index (χ1v) is 13.3. The number of nitrogens with zero attached hydrogens (tertiary/aromatic N) is 2. The van der Waals surface area contributed by atoms with Gasteiger partial charge < -0.3 is 21.9 Å². The van der Waals surface area contributed by atoms with Crippen molar-refractivity contribution in [1.82, 2.24) is 0 Å². The molecule has 0 amide bonds. The molecule has 0 saturated carbocycles. The fraction of sp³-hybridized carbons (Fsp3) is 1.00. The maximum absolute atomic E-state index is 6.27. The van der Waals surface area contributed by atoms with Gasteiger partial charge in [0.25, 0.3) is 0 Å². The Bertz CT molecular complexity index is 280. The molecule has 0 bridgehead atoms. The summed E-state index contributed by atoms with van der Waals surface area (Å²) in [5.41, 5.74) is 0. The molecule has 0 rings (SSSR count). The van der Waals surface area contributed by atoms with Gasteiger partial charge in [0.2, 0.25) is 0 Å². The van der Waals surface area contributed by atoms with Crippen molar-refractivity contribution in [3.63, 3.8) is 0 Å². The predicted molar refractivity (Wildman–Crippen MR) is 93.8 cm³/mol. The summed E-state index contributed by atoms with van der Waals surface area (Å²) in [4.78, 5) is 0. The Hall–Kier alpha value is 0.234. The molecule has 0 unspecified atom stereocenters. The average Bonchev–Trinajstić information content (AvgIpc) is 2.09. The molecule has 0 aliphatic rings. The molecule has 0 saturated heterocycles. The number of rotatable bonds is 10. The van der Waals surface area contributed by atoms with Crippen LogP contribution in [0.1, 0.15) is 0 Å². The topological polar surface area (TPSA) is 27.7 Å². The fourth-order valence-corrected chi connectivity index (χ4v) is 8.15. The molecular weight excluding hydrogens is 300 g/mol. The highest BCUT2D eigenvalue weighted by Crippen LogP contribution is 2.17. The summed E-state index contributed by atoms with van der Waals surface area (Å²) in [6.45, 7) is 11.9. The molecule has 0 aliphatic heterocycles. The smallest absolute Gasteiger partial charge is 0.323 e. The van der Waals surface area contributed by atoms with Crippen LogP contribution in [0.25, 0.3) is 0 Å². The third-order valence-electron chi connectivity index (χ3n) is 2.92. The predicted octanol–water partition coefficient (Wildman–Crippen LogP) is 1.85. The van der Waals surface area contributed by atoms with E-state index in [1.54, 1.807) is 0 Å². The second kappa shape index (κ2) is 7.67. The lowest BCUT2D eigenvalue weighted by Gasteiger charge is -2.34. The van der Waals surface area contributed by atoms with Crippen molar-refractivity contribution >= 4 is 17.1 Å². The maximum Gasteiger partial charge on any atom is 0.323 e. The fourth-order valence-electron chi connectivity index (χ4n) is 1.78. The molecule has 0 spiro atoms. The van der Waals surface area contributed by atoms with Crippen LogP contribution >= 0.6 is 0 Å². The minimum atomic E-state index is -2.11. The lowest BCUT2D eigenvalue weighted by Crippen LogP contribution is -2.51. The number of quaternary nitrogens is 2. The van der Waals surface area contributed by atoms with Gasteiger partial charge in [-0.25, -0.2) is 0 Å². The van der Waals surface area contributed by atoms with E-state index in [0.29, 0.717) is 0 Å². The summed E-state index contributed by atoms with van der Waals surface area (Å²) < 4.78 is 20.2. The van der Waals surface area contributed by atoms with Gasteiger partial charge in [-0.05, 0) is 26.2 Å². The Morgan fingerprint density at radius 1 is 0.619 bits per heavy atom. The summed E-state index contributed by atoms with van der Waals surface area (Å²) in [5, 5.41) is 0. The Labute approximate surface area is 134 Å². The molecule has 7 heteroatoms. The third-order valence-corrected chi connectivity index (χ3v) is 8.65. The minimum absolute atomic E-state index is 0.742. The van der Waals surface area contributed by atoms with E-state index in [2.05, 4.69) is 68.5 Å². The first-order valence-electron chi connectivity index (χ1n) is 7.71. The molecule has 0 aromatic carbocycles. The lowest BCUT2D eigenvalue weighted by atomic mass is 10.5. The normalized spacial score (nSPS) is 14.6. The quantitative estimate of drug-likeness (QED) is 0.449. The zero-order valence-corrected chi connectivity index (χ0v) is 17.9. The van der Waals surface area contributed by atoms with Crippen molar-refractivity contribution in [3.8, 4) is 0 Å². The van der Waals surface area contributed by atoms with Crippen molar-refractivity contribution in [3.05, 3.63) is 0 Å². The second-order valence-electron chi connectivity index (χ2n) is 8.63. The summed E-state index contributed by atoms with van der Waals surface area (Å²) >= 11 is 0. The van der Waals surface area contributed by atoms with Crippen LogP contribution in [0.3, 0.4) is 0 Å². The van der Waals surface area contributed by atoms with Gasteiger partial charge in [-0.2, -0.15) is 0 Å². The van der Waals surface area contributed by atoms with Gasteiger partial charge in [-0.15, -0.1) is 0 Å². The number of hydrogen-bond acceptors (Lipinski definition) is 3. The molecule has 5 nitrogen and oxygen atoms in total. The zero-order chi connectivity index (χ0) is 16.9. The van der Waals surface area contributed by atoms with Crippen molar-refractivity contribution in [2.75, 3.05) is 68.6 Å². The molecule has 0 aromatic rings. The van der Waals surface area contributed by atoms with E-state index in [-0.39, 0.29) is 0 Å². The van der Waals surface area contributed by atoms with Gasteiger partial charge in [-0.1, -0.05) is 0 Å². The zero-order valence-electron chi connectivity index (χ0n) is 15.9. The van der Waals surface area contributed by atoms with Crippen LogP contribution in [0, 0.1) is 0 Å². The third kappa shape index (κ3) is 13.6. The van der Waals surface area contributed by atoms with Crippen molar-refractivity contribution in [2.45, 2.75) is 26.2 Å². The van der Waals surface area contributed by atoms with E-state index in [0.717, 1.165) is 35.3 Å². The van der Waals surface area contributed by atoms with Crippen LogP contribution in [0.15, 0.2) is 0 Å². The molecular formula is C14H38N2O3Si2+2. The Kier molecular flexibility index (Phi) is 7.76. The Morgan fingerprint density at radius 3 is 1.14 bits per heavy atom. The van der Waals surface area contributed by atoms with Crippen LogP contribution in [0.2, 0.25) is 26.2 Å². The molecule has 0 aliphatic carbocycles. The van der Waals surface area contributed by atoms with Crippen molar-refractivity contribution < 1.29 is 21.9 Å². The van der Waals surface area contributed by atoms with Crippen molar-refractivity contribution in [2.24, 2.45) is 0 Å². The van der Waals surface area contributed by atoms with E-state index in [1.807, 2.05) is 0 Å². The second-order valence-corrected chi connectivity index (χ2v) is 15.6. The highest BCUT2D eigenvalue weighted by molar-refractivity contribution is 6.78. The van der Waals surface area contributed by atoms with Crippen LogP contribution < -0.4 is 0 Å². The Balaban J connectivity index is 4.21. The maximum atomic E-state index is 6.27. The Morgan fingerprint density at radius 2 is 0.905 bits per heavy atom. The highest BCUT2D eigenvalue weighted by Gasteiger charge is 2.37. The van der Waals surface area contributed by atoms with Gasteiger partial charge in [0, 0.05) is 0 Å². The van der Waals surface area contributed by atoms with E-state index >= 15 is 0 Å². The first-order chi connectivity index (χ1) is 9.12. The number of hydrogen-bond donors (Lipinski definition) is 0. The van der Waals surface area contributed by atoms with Crippen LogP contribution in [0.4, 0.5) is 0 Å². The molecule has 0 radical (unpaired) electrons. The van der Waals surface area contributed by atoms with E-state index < -0.39 is 17.1 Å². The van der Waals surface area contributed by atoms with E-state index in [4.69, 9.17) is 13.0 Å².